The van der Waals surface area contributed by atoms with Gasteiger partial charge in [-0.1, -0.05) is 78.3 Å². The minimum absolute atomic E-state index is 0.0877. The number of nitrogens with one attached hydrogen (secondary N) is 1. The smallest absolute Gasteiger partial charge is 0.258 e. The second kappa shape index (κ2) is 15.2. The summed E-state index contributed by atoms with van der Waals surface area (Å²) in [5, 5.41) is 3.56. The largest absolute Gasteiger partial charge is 0.334 e. The van der Waals surface area contributed by atoms with Crippen LogP contribution in [0.3, 0.4) is 0 Å². The third kappa shape index (κ3) is 8.06. The average Bonchev–Trinajstić information content (AvgIpc) is 3.59. The molecule has 0 bridgehead atoms. The molecule has 7 nitrogen and oxygen atoms in total. The molecule has 6 rings (SSSR count). The van der Waals surface area contributed by atoms with Gasteiger partial charge >= 0.3 is 0 Å². The Balaban J connectivity index is 1.33. The summed E-state index contributed by atoms with van der Waals surface area (Å²) in [6.07, 6.45) is 4.71. The molecule has 1 aliphatic heterocycles. The Morgan fingerprint density at radius 1 is 0.938 bits per heavy atom. The van der Waals surface area contributed by atoms with Gasteiger partial charge in [0.05, 0.1) is 17.3 Å². The molecule has 0 aliphatic carbocycles. The quantitative estimate of drug-likeness (QED) is 0.155. The number of nitrogens with zero attached hydrogens (tertiary/aromatic N) is 4. The standard InChI is InChI=1S/C39H37ClFN5O2/c1-27-8-5-6-9-29(27)17-22-35-34(24-42-39(44-35)46-23-7-12-36(46)30-15-18-31(40)19-16-30)38(48)45(25-28-13-20-32(41)21-14-28)26-37(47)43-33-10-3-2-4-11-33/h2-6,8-11,13-16,18-21,24,36H,7,12,17,22-23,25-26H2,1H3,(H,43,47)/t36-/m1/s1. The molecule has 1 fully saturated rings. The predicted octanol–water partition coefficient (Wildman–Crippen LogP) is 7.99. The predicted molar refractivity (Wildman–Crippen MR) is 188 cm³/mol. The molecule has 1 atom stereocenters. The van der Waals surface area contributed by atoms with E-state index in [0.29, 0.717) is 46.3 Å². The molecular formula is C39H37ClFN5O2. The topological polar surface area (TPSA) is 78.4 Å². The lowest BCUT2D eigenvalue weighted by atomic mass is 10.0. The molecular weight excluding hydrogens is 625 g/mol. The number of amides is 2. The summed E-state index contributed by atoms with van der Waals surface area (Å²) in [6, 6.07) is 31.2. The summed E-state index contributed by atoms with van der Waals surface area (Å²) in [5.74, 6) is -0.529. The maximum Gasteiger partial charge on any atom is 0.258 e. The lowest BCUT2D eigenvalue weighted by Gasteiger charge is -2.27. The fraction of sp³-hybridized carbons (Fsp3) is 0.231. The highest BCUT2D eigenvalue weighted by Gasteiger charge is 2.30. The number of hydrogen-bond donors (Lipinski definition) is 1. The molecule has 0 radical (unpaired) electrons. The van der Waals surface area contributed by atoms with Crippen LogP contribution in [0.15, 0.2) is 109 Å². The SMILES string of the molecule is Cc1ccccc1CCc1nc(N2CCC[C@@H]2c2ccc(Cl)cc2)ncc1C(=O)N(CC(=O)Nc1ccccc1)Cc1ccc(F)cc1. The molecule has 9 heteroatoms. The Bertz CT molecular complexity index is 1870. The van der Waals surface area contributed by atoms with Crippen LogP contribution >= 0.6 is 11.6 Å². The molecule has 1 aromatic heterocycles. The maximum atomic E-state index is 14.4. The van der Waals surface area contributed by atoms with Gasteiger partial charge in [-0.3, -0.25) is 9.59 Å². The van der Waals surface area contributed by atoms with Gasteiger partial charge in [-0.2, -0.15) is 0 Å². The zero-order valence-corrected chi connectivity index (χ0v) is 27.5. The van der Waals surface area contributed by atoms with Gasteiger partial charge < -0.3 is 15.1 Å². The van der Waals surface area contributed by atoms with Crippen LogP contribution in [0, 0.1) is 12.7 Å². The van der Waals surface area contributed by atoms with E-state index in [-0.39, 0.29) is 36.8 Å². The van der Waals surface area contributed by atoms with E-state index in [9.17, 15) is 14.0 Å². The molecule has 0 unspecified atom stereocenters. The van der Waals surface area contributed by atoms with Crippen LogP contribution in [0.4, 0.5) is 16.0 Å². The summed E-state index contributed by atoms with van der Waals surface area (Å²) < 4.78 is 13.8. The second-order valence-electron chi connectivity index (χ2n) is 12.1. The average molecular weight is 662 g/mol. The summed E-state index contributed by atoms with van der Waals surface area (Å²) >= 11 is 6.18. The first-order chi connectivity index (χ1) is 23.3. The molecule has 1 saturated heterocycles. The third-order valence-electron chi connectivity index (χ3n) is 8.71. The number of para-hydroxylation sites is 1. The Kier molecular flexibility index (Phi) is 10.4. The molecule has 2 amide bonds. The number of carbonyl (C=O) groups excluding carboxylic acids is 2. The summed E-state index contributed by atoms with van der Waals surface area (Å²) in [4.78, 5) is 41.1. The summed E-state index contributed by atoms with van der Waals surface area (Å²) in [5.41, 5.74) is 5.74. The normalized spacial score (nSPS) is 14.1. The van der Waals surface area contributed by atoms with E-state index in [2.05, 4.69) is 29.3 Å². The van der Waals surface area contributed by atoms with Crippen LogP contribution in [-0.2, 0) is 24.2 Å². The summed E-state index contributed by atoms with van der Waals surface area (Å²) in [7, 11) is 0. The first-order valence-corrected chi connectivity index (χ1v) is 16.5. The van der Waals surface area contributed by atoms with Crippen LogP contribution in [0.25, 0.3) is 0 Å². The molecule has 2 heterocycles. The monoisotopic (exact) mass is 661 g/mol. The lowest BCUT2D eigenvalue weighted by Crippen LogP contribution is -2.38. The molecule has 5 aromatic rings. The Morgan fingerprint density at radius 2 is 1.67 bits per heavy atom. The van der Waals surface area contributed by atoms with E-state index in [1.807, 2.05) is 54.6 Å². The van der Waals surface area contributed by atoms with E-state index in [4.69, 9.17) is 21.6 Å². The number of halogens is 2. The summed E-state index contributed by atoms with van der Waals surface area (Å²) in [6.45, 7) is 2.75. The lowest BCUT2D eigenvalue weighted by molar-refractivity contribution is -0.117. The zero-order valence-electron chi connectivity index (χ0n) is 26.8. The number of anilines is 2. The number of rotatable bonds is 11. The van der Waals surface area contributed by atoms with Crippen LogP contribution in [0.2, 0.25) is 5.02 Å². The molecule has 1 N–H and O–H groups in total. The number of carbonyl (C=O) groups is 2. The van der Waals surface area contributed by atoms with Gasteiger partial charge in [-0.25, -0.2) is 14.4 Å². The van der Waals surface area contributed by atoms with Crippen molar-refractivity contribution in [2.75, 3.05) is 23.3 Å². The number of benzene rings is 4. The Labute approximate surface area is 285 Å². The maximum absolute atomic E-state index is 14.4. The minimum Gasteiger partial charge on any atom is -0.334 e. The highest BCUT2D eigenvalue weighted by molar-refractivity contribution is 6.30. The fourth-order valence-corrected chi connectivity index (χ4v) is 6.30. The van der Waals surface area contributed by atoms with E-state index < -0.39 is 0 Å². The van der Waals surface area contributed by atoms with Crippen molar-refractivity contribution in [1.29, 1.82) is 0 Å². The van der Waals surface area contributed by atoms with Crippen molar-refractivity contribution in [2.45, 2.75) is 45.2 Å². The molecule has 244 valence electrons. The number of aromatic nitrogens is 2. The second-order valence-corrected chi connectivity index (χ2v) is 12.5. The van der Waals surface area contributed by atoms with Gasteiger partial charge in [-0.05, 0) is 91.3 Å². The van der Waals surface area contributed by atoms with Gasteiger partial charge in [-0.15, -0.1) is 0 Å². The van der Waals surface area contributed by atoms with E-state index in [0.717, 1.165) is 30.5 Å². The van der Waals surface area contributed by atoms with E-state index >= 15 is 0 Å². The van der Waals surface area contributed by atoms with Gasteiger partial charge in [0, 0.05) is 30.0 Å². The molecule has 4 aromatic carbocycles. The van der Waals surface area contributed by atoms with Crippen molar-refractivity contribution < 1.29 is 14.0 Å². The molecule has 1 aliphatic rings. The van der Waals surface area contributed by atoms with E-state index in [1.54, 1.807) is 30.5 Å². The fourth-order valence-electron chi connectivity index (χ4n) is 6.17. The highest BCUT2D eigenvalue weighted by atomic mass is 35.5. The van der Waals surface area contributed by atoms with Crippen LogP contribution in [0.5, 0.6) is 0 Å². The van der Waals surface area contributed by atoms with Gasteiger partial charge in [0.15, 0.2) is 0 Å². The Hall–Kier alpha value is -5.08. The van der Waals surface area contributed by atoms with Crippen molar-refractivity contribution in [2.24, 2.45) is 0 Å². The van der Waals surface area contributed by atoms with Crippen LogP contribution in [-0.4, -0.2) is 39.8 Å². The highest BCUT2D eigenvalue weighted by Crippen LogP contribution is 2.35. The van der Waals surface area contributed by atoms with Crippen molar-refractivity contribution in [3.05, 3.63) is 154 Å². The van der Waals surface area contributed by atoms with Crippen molar-refractivity contribution in [3.63, 3.8) is 0 Å². The molecule has 0 spiro atoms. The zero-order chi connectivity index (χ0) is 33.5. The van der Waals surface area contributed by atoms with Crippen LogP contribution < -0.4 is 10.2 Å². The molecule has 0 saturated carbocycles. The van der Waals surface area contributed by atoms with Gasteiger partial charge in [0.1, 0.15) is 12.4 Å². The number of aryl methyl sites for hydroxylation is 3. The Morgan fingerprint density at radius 3 is 2.42 bits per heavy atom. The van der Waals surface area contributed by atoms with Gasteiger partial charge in [0.2, 0.25) is 11.9 Å². The van der Waals surface area contributed by atoms with Crippen molar-refractivity contribution in [1.82, 2.24) is 14.9 Å². The van der Waals surface area contributed by atoms with Crippen LogP contribution in [0.1, 0.15) is 57.2 Å². The van der Waals surface area contributed by atoms with Crippen molar-refractivity contribution in [3.8, 4) is 0 Å². The minimum atomic E-state index is -0.375. The van der Waals surface area contributed by atoms with Crippen molar-refractivity contribution >= 4 is 35.1 Å². The number of hydrogen-bond acceptors (Lipinski definition) is 5. The van der Waals surface area contributed by atoms with E-state index in [1.165, 1.54) is 22.6 Å². The van der Waals surface area contributed by atoms with Gasteiger partial charge in [0.25, 0.3) is 5.91 Å². The molecule has 48 heavy (non-hydrogen) atoms. The first kappa shape index (κ1) is 32.8. The first-order valence-electron chi connectivity index (χ1n) is 16.1. The third-order valence-corrected chi connectivity index (χ3v) is 8.96.